The Bertz CT molecular complexity index is 339. The summed E-state index contributed by atoms with van der Waals surface area (Å²) in [6, 6.07) is 6.43. The van der Waals surface area contributed by atoms with E-state index in [2.05, 4.69) is 50.0 Å². The van der Waals surface area contributed by atoms with Gasteiger partial charge in [-0.2, -0.15) is 12.6 Å². The number of rotatable bonds is 7. The minimum atomic E-state index is 0.553. The van der Waals surface area contributed by atoms with Gasteiger partial charge in [-0.3, -0.25) is 0 Å². The van der Waals surface area contributed by atoms with Crippen LogP contribution >= 0.6 is 12.6 Å². The zero-order chi connectivity index (χ0) is 12.7. The quantitative estimate of drug-likeness (QED) is 0.575. The van der Waals surface area contributed by atoms with E-state index in [4.69, 9.17) is 4.74 Å². The van der Waals surface area contributed by atoms with Gasteiger partial charge in [0.1, 0.15) is 5.75 Å². The summed E-state index contributed by atoms with van der Waals surface area (Å²) in [6.07, 6.45) is 1.09. The van der Waals surface area contributed by atoms with Crippen molar-refractivity contribution in [2.75, 3.05) is 19.4 Å². The third kappa shape index (κ3) is 4.60. The molecule has 2 nitrogen and oxygen atoms in total. The topological polar surface area (TPSA) is 21.3 Å². The van der Waals surface area contributed by atoms with Crippen molar-refractivity contribution in [1.29, 1.82) is 0 Å². The number of thiol groups is 1. The summed E-state index contributed by atoms with van der Waals surface area (Å²) in [4.78, 5) is 0. The van der Waals surface area contributed by atoms with Gasteiger partial charge in [-0.1, -0.05) is 26.0 Å². The fourth-order valence-electron chi connectivity index (χ4n) is 1.72. The lowest BCUT2D eigenvalue weighted by Crippen LogP contribution is -2.15. The summed E-state index contributed by atoms with van der Waals surface area (Å²) in [7, 11) is 1.72. The Morgan fingerprint density at radius 1 is 1.35 bits per heavy atom. The van der Waals surface area contributed by atoms with Gasteiger partial charge < -0.3 is 10.1 Å². The standard InChI is InChI=1S/C14H23NOS/c1-11(2)12-5-6-14(16-3)13(9-12)10-15-7-4-8-17/h5-6,9,11,15,17H,4,7-8,10H2,1-3H3. The molecule has 0 fully saturated rings. The Morgan fingerprint density at radius 3 is 2.71 bits per heavy atom. The third-order valence-corrected chi connectivity index (χ3v) is 3.11. The third-order valence-electron chi connectivity index (χ3n) is 2.80. The van der Waals surface area contributed by atoms with E-state index in [9.17, 15) is 0 Å². The molecule has 0 aliphatic heterocycles. The van der Waals surface area contributed by atoms with Crippen LogP contribution in [-0.2, 0) is 6.54 Å². The van der Waals surface area contributed by atoms with Crippen molar-refractivity contribution in [2.24, 2.45) is 0 Å². The van der Waals surface area contributed by atoms with E-state index in [1.54, 1.807) is 7.11 Å². The van der Waals surface area contributed by atoms with E-state index in [0.29, 0.717) is 5.92 Å². The van der Waals surface area contributed by atoms with Crippen LogP contribution in [0.25, 0.3) is 0 Å². The highest BCUT2D eigenvalue weighted by molar-refractivity contribution is 7.80. The van der Waals surface area contributed by atoms with Gasteiger partial charge in [0, 0.05) is 12.1 Å². The molecule has 0 unspecified atom stereocenters. The van der Waals surface area contributed by atoms with E-state index in [-0.39, 0.29) is 0 Å². The van der Waals surface area contributed by atoms with Crippen molar-refractivity contribution in [3.63, 3.8) is 0 Å². The molecule has 0 saturated carbocycles. The smallest absolute Gasteiger partial charge is 0.123 e. The predicted octanol–water partition coefficient (Wildman–Crippen LogP) is 3.23. The highest BCUT2D eigenvalue weighted by atomic mass is 32.1. The second kappa shape index (κ2) is 7.62. The number of nitrogens with one attached hydrogen (secondary N) is 1. The summed E-state index contributed by atoms with van der Waals surface area (Å²) in [5.41, 5.74) is 2.59. The van der Waals surface area contributed by atoms with Crippen molar-refractivity contribution in [3.05, 3.63) is 29.3 Å². The monoisotopic (exact) mass is 253 g/mol. The van der Waals surface area contributed by atoms with Gasteiger partial charge in [0.2, 0.25) is 0 Å². The molecule has 1 aromatic rings. The minimum absolute atomic E-state index is 0.553. The Hall–Kier alpha value is -0.670. The van der Waals surface area contributed by atoms with Crippen LogP contribution in [0.1, 0.15) is 37.3 Å². The maximum absolute atomic E-state index is 5.38. The average molecular weight is 253 g/mol. The van der Waals surface area contributed by atoms with Gasteiger partial charge in [0.15, 0.2) is 0 Å². The number of ether oxygens (including phenoxy) is 1. The molecule has 0 amide bonds. The molecule has 0 spiro atoms. The molecule has 0 aromatic heterocycles. The molecule has 0 heterocycles. The molecule has 0 saturated heterocycles. The van der Waals surface area contributed by atoms with Crippen molar-refractivity contribution in [1.82, 2.24) is 5.32 Å². The summed E-state index contributed by atoms with van der Waals surface area (Å²) in [5.74, 6) is 2.45. The Balaban J connectivity index is 2.69. The minimum Gasteiger partial charge on any atom is -0.496 e. The largest absolute Gasteiger partial charge is 0.496 e. The van der Waals surface area contributed by atoms with E-state index >= 15 is 0 Å². The highest BCUT2D eigenvalue weighted by Gasteiger charge is 2.06. The summed E-state index contributed by atoms with van der Waals surface area (Å²) in [5, 5.41) is 3.41. The van der Waals surface area contributed by atoms with Crippen LogP contribution in [0.5, 0.6) is 5.75 Å². The lowest BCUT2D eigenvalue weighted by atomic mass is 10.0. The van der Waals surface area contributed by atoms with Crippen LogP contribution in [-0.4, -0.2) is 19.4 Å². The Labute approximate surface area is 110 Å². The van der Waals surface area contributed by atoms with Gasteiger partial charge in [0.25, 0.3) is 0 Å². The first-order valence-corrected chi connectivity index (χ1v) is 6.80. The van der Waals surface area contributed by atoms with Crippen LogP contribution in [0, 0.1) is 0 Å². The number of methoxy groups -OCH3 is 1. The van der Waals surface area contributed by atoms with Crippen LogP contribution < -0.4 is 10.1 Å². The van der Waals surface area contributed by atoms with Crippen molar-refractivity contribution >= 4 is 12.6 Å². The van der Waals surface area contributed by atoms with Crippen LogP contribution in [0.2, 0.25) is 0 Å². The van der Waals surface area contributed by atoms with E-state index in [1.165, 1.54) is 11.1 Å². The van der Waals surface area contributed by atoms with Crippen LogP contribution in [0.15, 0.2) is 18.2 Å². The Morgan fingerprint density at radius 2 is 2.12 bits per heavy atom. The second-order valence-corrected chi connectivity index (χ2v) is 4.93. The first-order valence-electron chi connectivity index (χ1n) is 6.17. The summed E-state index contributed by atoms with van der Waals surface area (Å²) >= 11 is 4.20. The van der Waals surface area contributed by atoms with Gasteiger partial charge in [0.05, 0.1) is 7.11 Å². The molecule has 96 valence electrons. The SMILES string of the molecule is COc1ccc(C(C)C)cc1CNCCCS. The zero-order valence-electron chi connectivity index (χ0n) is 11.0. The van der Waals surface area contributed by atoms with Crippen molar-refractivity contribution in [3.8, 4) is 5.75 Å². The molecule has 1 aromatic carbocycles. The van der Waals surface area contributed by atoms with Gasteiger partial charge in [-0.15, -0.1) is 0 Å². The molecule has 0 atom stereocenters. The van der Waals surface area contributed by atoms with E-state index in [0.717, 1.165) is 31.0 Å². The lowest BCUT2D eigenvalue weighted by molar-refractivity contribution is 0.407. The van der Waals surface area contributed by atoms with Crippen molar-refractivity contribution < 1.29 is 4.74 Å². The first-order chi connectivity index (χ1) is 8.19. The molecular formula is C14H23NOS. The van der Waals surface area contributed by atoms with E-state index < -0.39 is 0 Å². The normalized spacial score (nSPS) is 10.9. The molecule has 0 aliphatic rings. The van der Waals surface area contributed by atoms with Crippen molar-refractivity contribution in [2.45, 2.75) is 32.7 Å². The molecule has 17 heavy (non-hydrogen) atoms. The molecular weight excluding hydrogens is 230 g/mol. The lowest BCUT2D eigenvalue weighted by Gasteiger charge is -2.13. The molecule has 3 heteroatoms. The van der Waals surface area contributed by atoms with Crippen LogP contribution in [0.3, 0.4) is 0 Å². The summed E-state index contributed by atoms with van der Waals surface area (Å²) < 4.78 is 5.38. The maximum atomic E-state index is 5.38. The fraction of sp³-hybridized carbons (Fsp3) is 0.571. The maximum Gasteiger partial charge on any atom is 0.123 e. The molecule has 1 rings (SSSR count). The predicted molar refractivity (Wildman–Crippen MR) is 77.3 cm³/mol. The molecule has 0 aliphatic carbocycles. The number of hydrogen-bond acceptors (Lipinski definition) is 3. The van der Waals surface area contributed by atoms with Crippen LogP contribution in [0.4, 0.5) is 0 Å². The van der Waals surface area contributed by atoms with Gasteiger partial charge in [-0.05, 0) is 36.3 Å². The van der Waals surface area contributed by atoms with Gasteiger partial charge >= 0.3 is 0 Å². The molecule has 1 N–H and O–H groups in total. The second-order valence-electron chi connectivity index (χ2n) is 4.48. The average Bonchev–Trinajstić information content (AvgIpc) is 2.34. The number of hydrogen-bond donors (Lipinski definition) is 2. The van der Waals surface area contributed by atoms with Gasteiger partial charge in [-0.25, -0.2) is 0 Å². The highest BCUT2D eigenvalue weighted by Crippen LogP contribution is 2.23. The summed E-state index contributed by atoms with van der Waals surface area (Å²) in [6.45, 7) is 6.27. The Kier molecular flexibility index (Phi) is 6.45. The first kappa shape index (κ1) is 14.4. The zero-order valence-corrected chi connectivity index (χ0v) is 11.9. The fourth-order valence-corrected chi connectivity index (χ4v) is 1.88. The van der Waals surface area contributed by atoms with E-state index in [1.807, 2.05) is 0 Å². The molecule has 0 radical (unpaired) electrons. The molecule has 0 bridgehead atoms. The number of benzene rings is 1.